The van der Waals surface area contributed by atoms with Crippen LogP contribution < -0.4 is 0 Å². The van der Waals surface area contributed by atoms with Crippen molar-refractivity contribution in [1.82, 2.24) is 0 Å². The molecule has 0 unspecified atom stereocenters. The van der Waals surface area contributed by atoms with Crippen molar-refractivity contribution in [3.63, 3.8) is 0 Å². The smallest absolute Gasteiger partial charge is 0.0449 e. The highest BCUT2D eigenvalue weighted by Gasteiger charge is 2.03. The minimum Gasteiger partial charge on any atom is -0.0795 e. The lowest BCUT2D eigenvalue weighted by Crippen LogP contribution is -1.95. The number of hydrogen-bond donors (Lipinski definition) is 0. The molecular formula is C23H28S. The molecule has 126 valence electrons. The van der Waals surface area contributed by atoms with Crippen molar-refractivity contribution in [1.29, 1.82) is 0 Å². The van der Waals surface area contributed by atoms with Crippen molar-refractivity contribution in [3.05, 3.63) is 76.4 Å². The summed E-state index contributed by atoms with van der Waals surface area (Å²) in [6.45, 7) is 6.64. The van der Waals surface area contributed by atoms with Gasteiger partial charge in [-0.3, -0.25) is 0 Å². The van der Waals surface area contributed by atoms with E-state index in [-0.39, 0.29) is 0 Å². The number of rotatable bonds is 8. The summed E-state index contributed by atoms with van der Waals surface area (Å²) in [4.78, 5) is 0.901. The molecule has 1 heteroatoms. The second-order valence-electron chi connectivity index (χ2n) is 6.28. The number of thiocarbonyl (C=S) groups is 1. The minimum absolute atomic E-state index is 0.901. The van der Waals surface area contributed by atoms with Gasteiger partial charge in [0.1, 0.15) is 0 Å². The molecule has 0 heterocycles. The fourth-order valence-electron chi connectivity index (χ4n) is 2.92. The maximum atomic E-state index is 5.59. The van der Waals surface area contributed by atoms with Gasteiger partial charge in [0.15, 0.2) is 0 Å². The SMILES string of the molecule is CCCc1ccc(C=CC(=S)c2ccc(CC)cc2)c(CCC)c1. The second-order valence-corrected chi connectivity index (χ2v) is 6.72. The van der Waals surface area contributed by atoms with Crippen molar-refractivity contribution in [2.75, 3.05) is 0 Å². The molecule has 2 aromatic carbocycles. The van der Waals surface area contributed by atoms with E-state index in [4.69, 9.17) is 12.2 Å². The molecule has 2 rings (SSSR count). The Hall–Kier alpha value is -1.73. The molecule has 0 atom stereocenters. The molecular weight excluding hydrogens is 308 g/mol. The van der Waals surface area contributed by atoms with E-state index in [1.165, 1.54) is 35.1 Å². The lowest BCUT2D eigenvalue weighted by molar-refractivity contribution is 0.894. The average Bonchev–Trinajstić information content (AvgIpc) is 2.61. The Labute approximate surface area is 152 Å². The molecule has 0 saturated heterocycles. The summed E-state index contributed by atoms with van der Waals surface area (Å²) in [5, 5.41) is 0. The predicted octanol–water partition coefficient (Wildman–Crippen LogP) is 6.59. The Balaban J connectivity index is 2.18. The summed E-state index contributed by atoms with van der Waals surface area (Å²) in [6, 6.07) is 15.4. The Morgan fingerprint density at radius 3 is 2.17 bits per heavy atom. The molecule has 0 bridgehead atoms. The number of benzene rings is 2. The molecule has 0 amide bonds. The maximum absolute atomic E-state index is 5.59. The van der Waals surface area contributed by atoms with Gasteiger partial charge < -0.3 is 0 Å². The Morgan fingerprint density at radius 2 is 1.54 bits per heavy atom. The van der Waals surface area contributed by atoms with Crippen LogP contribution in [0.1, 0.15) is 61.4 Å². The lowest BCUT2D eigenvalue weighted by atomic mass is 9.97. The van der Waals surface area contributed by atoms with Crippen LogP contribution in [-0.2, 0) is 19.3 Å². The first-order chi connectivity index (χ1) is 11.7. The van der Waals surface area contributed by atoms with Crippen molar-refractivity contribution >= 4 is 23.2 Å². The first-order valence-corrected chi connectivity index (χ1v) is 9.51. The van der Waals surface area contributed by atoms with E-state index in [0.717, 1.165) is 29.7 Å². The molecule has 0 radical (unpaired) electrons. The topological polar surface area (TPSA) is 0 Å². The van der Waals surface area contributed by atoms with Crippen LogP contribution >= 0.6 is 12.2 Å². The first kappa shape index (κ1) is 18.6. The van der Waals surface area contributed by atoms with Gasteiger partial charge in [0.05, 0.1) is 0 Å². The molecule has 0 aliphatic heterocycles. The highest BCUT2D eigenvalue weighted by Crippen LogP contribution is 2.18. The zero-order valence-corrected chi connectivity index (χ0v) is 16.0. The van der Waals surface area contributed by atoms with Crippen molar-refractivity contribution in [2.24, 2.45) is 0 Å². The summed E-state index contributed by atoms with van der Waals surface area (Å²) >= 11 is 5.59. The molecule has 2 aromatic rings. The number of allylic oxidation sites excluding steroid dienone is 1. The summed E-state index contributed by atoms with van der Waals surface area (Å²) in [5.41, 5.74) is 6.64. The monoisotopic (exact) mass is 336 g/mol. The zero-order chi connectivity index (χ0) is 17.4. The van der Waals surface area contributed by atoms with Crippen LogP contribution in [-0.4, -0.2) is 4.86 Å². The molecule has 0 spiro atoms. The third-order valence-corrected chi connectivity index (χ3v) is 4.70. The average molecular weight is 337 g/mol. The largest absolute Gasteiger partial charge is 0.0795 e. The van der Waals surface area contributed by atoms with Gasteiger partial charge in [-0.25, -0.2) is 0 Å². The Kier molecular flexibility index (Phi) is 7.39. The van der Waals surface area contributed by atoms with Gasteiger partial charge in [-0.05, 0) is 53.2 Å². The number of hydrogen-bond acceptors (Lipinski definition) is 1. The van der Waals surface area contributed by atoms with Crippen molar-refractivity contribution < 1.29 is 0 Å². The minimum atomic E-state index is 0.901. The van der Waals surface area contributed by atoms with Gasteiger partial charge in [0.2, 0.25) is 0 Å². The first-order valence-electron chi connectivity index (χ1n) is 9.11. The zero-order valence-electron chi connectivity index (χ0n) is 15.1. The fourth-order valence-corrected chi connectivity index (χ4v) is 3.12. The van der Waals surface area contributed by atoms with Crippen LogP contribution in [0.25, 0.3) is 6.08 Å². The third kappa shape index (κ3) is 5.14. The van der Waals surface area contributed by atoms with Crippen LogP contribution in [0.15, 0.2) is 48.5 Å². The summed E-state index contributed by atoms with van der Waals surface area (Å²) < 4.78 is 0. The van der Waals surface area contributed by atoms with Gasteiger partial charge >= 0.3 is 0 Å². The highest BCUT2D eigenvalue weighted by molar-refractivity contribution is 7.81. The summed E-state index contributed by atoms with van der Waals surface area (Å²) in [6.07, 6.45) is 9.95. The predicted molar refractivity (Wildman–Crippen MR) is 111 cm³/mol. The molecule has 0 saturated carbocycles. The fraction of sp³-hybridized carbons (Fsp3) is 0.348. The third-order valence-electron chi connectivity index (χ3n) is 4.33. The van der Waals surface area contributed by atoms with E-state index in [1.807, 2.05) is 0 Å². The molecule has 0 fully saturated rings. The van der Waals surface area contributed by atoms with E-state index in [9.17, 15) is 0 Å². The molecule has 0 aromatic heterocycles. The van der Waals surface area contributed by atoms with Gasteiger partial charge in [0.25, 0.3) is 0 Å². The molecule has 0 aliphatic rings. The van der Waals surface area contributed by atoms with Crippen molar-refractivity contribution in [3.8, 4) is 0 Å². The molecule has 0 N–H and O–H groups in total. The lowest BCUT2D eigenvalue weighted by Gasteiger charge is -2.08. The van der Waals surface area contributed by atoms with E-state index >= 15 is 0 Å². The van der Waals surface area contributed by atoms with Gasteiger partial charge in [0, 0.05) is 4.86 Å². The van der Waals surface area contributed by atoms with Crippen LogP contribution in [0.2, 0.25) is 0 Å². The van der Waals surface area contributed by atoms with Gasteiger partial charge in [-0.15, -0.1) is 0 Å². The van der Waals surface area contributed by atoms with Crippen LogP contribution in [0.3, 0.4) is 0 Å². The Bertz CT molecular complexity index is 692. The van der Waals surface area contributed by atoms with E-state index in [1.54, 1.807) is 0 Å². The van der Waals surface area contributed by atoms with Crippen molar-refractivity contribution in [2.45, 2.75) is 52.9 Å². The summed E-state index contributed by atoms with van der Waals surface area (Å²) in [7, 11) is 0. The molecule has 24 heavy (non-hydrogen) atoms. The van der Waals surface area contributed by atoms with E-state index in [0.29, 0.717) is 0 Å². The van der Waals surface area contributed by atoms with Crippen LogP contribution in [0.4, 0.5) is 0 Å². The number of aryl methyl sites for hydroxylation is 3. The second kappa shape index (κ2) is 9.54. The standard InChI is InChI=1S/C23H28S/c1-4-7-19-11-12-20(22(17-19)8-5-2)15-16-23(24)21-13-9-18(6-3)10-14-21/h9-17H,4-8H2,1-3H3. The van der Waals surface area contributed by atoms with E-state index in [2.05, 4.69) is 75.4 Å². The van der Waals surface area contributed by atoms with Crippen LogP contribution in [0, 0.1) is 0 Å². The van der Waals surface area contributed by atoms with Gasteiger partial charge in [-0.2, -0.15) is 0 Å². The Morgan fingerprint density at radius 1 is 0.875 bits per heavy atom. The van der Waals surface area contributed by atoms with Gasteiger partial charge in [-0.1, -0.05) is 94.4 Å². The molecule has 0 aliphatic carbocycles. The highest BCUT2D eigenvalue weighted by atomic mass is 32.1. The maximum Gasteiger partial charge on any atom is 0.0449 e. The normalized spacial score (nSPS) is 11.1. The summed E-state index contributed by atoms with van der Waals surface area (Å²) in [5.74, 6) is 0. The van der Waals surface area contributed by atoms with Crippen LogP contribution in [0.5, 0.6) is 0 Å². The molecule has 0 nitrogen and oxygen atoms in total. The van der Waals surface area contributed by atoms with E-state index < -0.39 is 0 Å². The quantitative estimate of drug-likeness (QED) is 0.298.